The fourth-order valence-corrected chi connectivity index (χ4v) is 3.86. The van der Waals surface area contributed by atoms with E-state index in [2.05, 4.69) is 58.8 Å². The van der Waals surface area contributed by atoms with Crippen LogP contribution in [-0.2, 0) is 4.43 Å². The molecule has 0 fully saturated rings. The number of rotatable bonds is 8. The predicted octanol–water partition coefficient (Wildman–Crippen LogP) is 5.50. The molecule has 132 valence electrons. The molecule has 0 unspecified atom stereocenters. The highest BCUT2D eigenvalue weighted by Crippen LogP contribution is 2.39. The molecule has 0 saturated heterocycles. The normalized spacial score (nSPS) is 14.5. The van der Waals surface area contributed by atoms with E-state index in [9.17, 15) is 5.26 Å². The first kappa shape index (κ1) is 20.5. The third kappa shape index (κ3) is 5.50. The van der Waals surface area contributed by atoms with E-state index in [1.807, 2.05) is 31.3 Å². The van der Waals surface area contributed by atoms with Crippen molar-refractivity contribution in [3.8, 4) is 6.19 Å². The largest absolute Gasteiger partial charge is 0.414 e. The zero-order valence-corrected chi connectivity index (χ0v) is 17.0. The van der Waals surface area contributed by atoms with Gasteiger partial charge in [0.1, 0.15) is 0 Å². The Morgan fingerprint density at radius 2 is 1.88 bits per heavy atom. The third-order valence-electron chi connectivity index (χ3n) is 4.99. The van der Waals surface area contributed by atoms with Gasteiger partial charge in [0.2, 0.25) is 0 Å². The Kier molecular flexibility index (Phi) is 7.25. The third-order valence-corrected chi connectivity index (χ3v) is 9.53. The summed E-state index contributed by atoms with van der Waals surface area (Å²) in [5.41, 5.74) is 1.15. The molecule has 24 heavy (non-hydrogen) atoms. The van der Waals surface area contributed by atoms with Gasteiger partial charge in [0.05, 0.1) is 12.1 Å². The van der Waals surface area contributed by atoms with Gasteiger partial charge < -0.3 is 9.33 Å². The van der Waals surface area contributed by atoms with Crippen LogP contribution < -0.4 is 0 Å². The Morgan fingerprint density at radius 1 is 1.29 bits per heavy atom. The fraction of sp³-hybridized carbons (Fsp3) is 0.550. The minimum Gasteiger partial charge on any atom is -0.414 e. The maximum absolute atomic E-state index is 9.39. The Labute approximate surface area is 149 Å². The molecular weight excluding hydrogens is 312 g/mol. The van der Waals surface area contributed by atoms with Gasteiger partial charge in [0.25, 0.3) is 0 Å². The van der Waals surface area contributed by atoms with Crippen molar-refractivity contribution in [3.05, 3.63) is 48.6 Å². The summed E-state index contributed by atoms with van der Waals surface area (Å²) in [5.74, 6) is 0. The maximum Gasteiger partial charge on any atom is 0.192 e. The summed E-state index contributed by atoms with van der Waals surface area (Å²) >= 11 is 0. The molecule has 1 aromatic rings. The van der Waals surface area contributed by atoms with E-state index in [0.29, 0.717) is 0 Å². The monoisotopic (exact) mass is 344 g/mol. The Hall–Kier alpha value is -1.57. The molecule has 2 atom stereocenters. The summed E-state index contributed by atoms with van der Waals surface area (Å²) < 4.78 is 6.62. The molecule has 1 rings (SSSR count). The van der Waals surface area contributed by atoms with Crippen LogP contribution in [-0.4, -0.2) is 26.4 Å². The van der Waals surface area contributed by atoms with Crippen LogP contribution >= 0.6 is 0 Å². The minimum atomic E-state index is -1.87. The molecule has 1 aromatic carbocycles. The summed E-state index contributed by atoms with van der Waals surface area (Å²) in [6.07, 6.45) is 5.85. The van der Waals surface area contributed by atoms with Crippen molar-refractivity contribution in [1.82, 2.24) is 4.90 Å². The second kappa shape index (κ2) is 8.50. The molecule has 0 N–H and O–H groups in total. The molecule has 0 aliphatic carbocycles. The molecule has 0 radical (unpaired) electrons. The second-order valence-electron chi connectivity index (χ2n) is 7.90. The van der Waals surface area contributed by atoms with Gasteiger partial charge in [-0.3, -0.25) is 0 Å². The summed E-state index contributed by atoms with van der Waals surface area (Å²) in [5, 5.41) is 9.56. The van der Waals surface area contributed by atoms with Gasteiger partial charge in [-0.25, -0.2) is 0 Å². The van der Waals surface area contributed by atoms with E-state index in [4.69, 9.17) is 4.43 Å². The zero-order valence-electron chi connectivity index (χ0n) is 16.0. The van der Waals surface area contributed by atoms with Gasteiger partial charge in [-0.1, -0.05) is 57.2 Å². The molecule has 0 aromatic heterocycles. The smallest absolute Gasteiger partial charge is 0.192 e. The maximum atomic E-state index is 9.39. The van der Waals surface area contributed by atoms with Crippen molar-refractivity contribution in [1.29, 1.82) is 5.26 Å². The molecule has 0 saturated carbocycles. The number of hydrogen-bond acceptors (Lipinski definition) is 3. The first-order valence-electron chi connectivity index (χ1n) is 8.58. The van der Waals surface area contributed by atoms with E-state index in [-0.39, 0.29) is 17.2 Å². The van der Waals surface area contributed by atoms with E-state index < -0.39 is 8.32 Å². The summed E-state index contributed by atoms with van der Waals surface area (Å²) in [7, 11) is -0.0249. The highest BCUT2D eigenvalue weighted by Gasteiger charge is 2.39. The minimum absolute atomic E-state index is 0.0194. The average Bonchev–Trinajstić information content (AvgIpc) is 2.51. The lowest BCUT2D eigenvalue weighted by Crippen LogP contribution is -2.44. The molecule has 0 bridgehead atoms. The Balaban J connectivity index is 3.02. The quantitative estimate of drug-likeness (QED) is 0.270. The molecule has 0 heterocycles. The van der Waals surface area contributed by atoms with Crippen LogP contribution in [0, 0.1) is 11.5 Å². The molecule has 0 aliphatic rings. The van der Waals surface area contributed by atoms with Crippen LogP contribution in [0.2, 0.25) is 18.1 Å². The highest BCUT2D eigenvalue weighted by molar-refractivity contribution is 6.74. The number of benzene rings is 1. The molecule has 4 heteroatoms. The van der Waals surface area contributed by atoms with Crippen molar-refractivity contribution >= 4 is 8.32 Å². The molecular formula is C20H32N2OSi. The lowest BCUT2D eigenvalue weighted by Gasteiger charge is -2.40. The molecule has 3 nitrogen and oxygen atoms in total. The van der Waals surface area contributed by atoms with E-state index >= 15 is 0 Å². The van der Waals surface area contributed by atoms with E-state index in [0.717, 1.165) is 18.4 Å². The molecule has 0 amide bonds. The first-order chi connectivity index (χ1) is 11.1. The van der Waals surface area contributed by atoms with Crippen molar-refractivity contribution in [3.63, 3.8) is 0 Å². The summed E-state index contributed by atoms with van der Waals surface area (Å²) in [6, 6.07) is 10.2. The molecule has 0 spiro atoms. The lowest BCUT2D eigenvalue weighted by atomic mass is 9.98. The Morgan fingerprint density at radius 3 is 2.33 bits per heavy atom. The molecule has 0 aliphatic heterocycles. The van der Waals surface area contributed by atoms with Gasteiger partial charge in [-0.05, 0) is 36.5 Å². The standard InChI is InChI=1S/C20H32N2OSi/c1-8-12-18(23-24(6,7)20(2,3)4)15-19(22(5)16-21)17-13-10-9-11-14-17/h8-11,13-14,18-19H,1,12,15H2,2-7H3/t18-,19+/m0/s1. The van der Waals surface area contributed by atoms with Gasteiger partial charge in [-0.15, -0.1) is 6.58 Å². The van der Waals surface area contributed by atoms with Gasteiger partial charge >= 0.3 is 0 Å². The van der Waals surface area contributed by atoms with Gasteiger partial charge in [0, 0.05) is 7.05 Å². The number of nitrogens with zero attached hydrogens (tertiary/aromatic N) is 2. The topological polar surface area (TPSA) is 36.3 Å². The number of hydrogen-bond donors (Lipinski definition) is 0. The van der Waals surface area contributed by atoms with Crippen molar-refractivity contribution < 1.29 is 4.43 Å². The number of nitriles is 1. The lowest BCUT2D eigenvalue weighted by molar-refractivity contribution is 0.140. The van der Waals surface area contributed by atoms with Crippen molar-refractivity contribution in [2.75, 3.05) is 7.05 Å². The highest BCUT2D eigenvalue weighted by atomic mass is 28.4. The van der Waals surface area contributed by atoms with Crippen molar-refractivity contribution in [2.24, 2.45) is 0 Å². The van der Waals surface area contributed by atoms with Gasteiger partial charge in [-0.2, -0.15) is 5.26 Å². The summed E-state index contributed by atoms with van der Waals surface area (Å²) in [6.45, 7) is 15.2. The van der Waals surface area contributed by atoms with Crippen LogP contribution in [0.1, 0.15) is 45.2 Å². The zero-order chi connectivity index (χ0) is 18.4. The van der Waals surface area contributed by atoms with Crippen LogP contribution in [0.5, 0.6) is 0 Å². The fourth-order valence-electron chi connectivity index (χ4n) is 2.48. The van der Waals surface area contributed by atoms with Crippen LogP contribution in [0.15, 0.2) is 43.0 Å². The van der Waals surface area contributed by atoms with Crippen LogP contribution in [0.3, 0.4) is 0 Å². The predicted molar refractivity (Wildman–Crippen MR) is 104 cm³/mol. The average molecular weight is 345 g/mol. The van der Waals surface area contributed by atoms with Crippen molar-refractivity contribution in [2.45, 2.75) is 63.9 Å². The van der Waals surface area contributed by atoms with Crippen LogP contribution in [0.4, 0.5) is 0 Å². The Bertz CT molecular complexity index is 557. The SMILES string of the molecule is C=CC[C@@H](C[C@H](c1ccccc1)N(C)C#N)O[Si](C)(C)C(C)(C)C. The second-order valence-corrected chi connectivity index (χ2v) is 12.7. The summed E-state index contributed by atoms with van der Waals surface area (Å²) in [4.78, 5) is 1.72. The first-order valence-corrected chi connectivity index (χ1v) is 11.5. The van der Waals surface area contributed by atoms with Crippen LogP contribution in [0.25, 0.3) is 0 Å². The van der Waals surface area contributed by atoms with E-state index in [1.165, 1.54) is 0 Å². The van der Waals surface area contributed by atoms with Gasteiger partial charge in [0.15, 0.2) is 14.5 Å². The van der Waals surface area contributed by atoms with E-state index in [1.54, 1.807) is 4.90 Å².